The molecule has 1 saturated heterocycles. The van der Waals surface area contributed by atoms with E-state index in [0.29, 0.717) is 25.9 Å². The third kappa shape index (κ3) is 5.67. The molecule has 1 aromatic rings. The van der Waals surface area contributed by atoms with E-state index in [-0.39, 0.29) is 31.2 Å². The Balaban J connectivity index is 1.57. The van der Waals surface area contributed by atoms with Gasteiger partial charge in [0.1, 0.15) is 18.5 Å². The van der Waals surface area contributed by atoms with Gasteiger partial charge in [-0.1, -0.05) is 6.07 Å². The van der Waals surface area contributed by atoms with Crippen LogP contribution >= 0.6 is 0 Å². The molecule has 2 aliphatic rings. The molecule has 2 aliphatic heterocycles. The van der Waals surface area contributed by atoms with Gasteiger partial charge < -0.3 is 19.9 Å². The molecule has 2 heterocycles. The summed E-state index contributed by atoms with van der Waals surface area (Å²) in [4.78, 5) is 27.6. The zero-order valence-corrected chi connectivity index (χ0v) is 16.4. The van der Waals surface area contributed by atoms with Gasteiger partial charge in [-0.05, 0) is 18.6 Å². The van der Waals surface area contributed by atoms with Gasteiger partial charge in [-0.25, -0.2) is 0 Å². The largest absolute Gasteiger partial charge is 0.489 e. The average molecular weight is 391 g/mol. The van der Waals surface area contributed by atoms with Crippen molar-refractivity contribution in [1.82, 2.24) is 9.80 Å². The van der Waals surface area contributed by atoms with E-state index in [4.69, 9.17) is 14.6 Å². The van der Waals surface area contributed by atoms with E-state index in [1.54, 1.807) is 0 Å². The molecule has 28 heavy (non-hydrogen) atoms. The molecule has 0 spiro atoms. The number of aliphatic hydroxyl groups excluding tert-OH is 1. The summed E-state index contributed by atoms with van der Waals surface area (Å²) in [6.07, 6.45) is 0.720. The standard InChI is InChI=1S/C20H29N3O5/c1-15(25)28-16(13-23-9-7-22(8-10-23)11-12-24)14-27-19-4-2-3-18-17(19)5-6-20(26)21-18/h2-4,16,24H,5-14H2,1H3,(H,21,26). The number of esters is 1. The van der Waals surface area contributed by atoms with Crippen LogP contribution in [0.2, 0.25) is 0 Å². The zero-order chi connectivity index (χ0) is 19.9. The van der Waals surface area contributed by atoms with Gasteiger partial charge in [-0.3, -0.25) is 19.4 Å². The van der Waals surface area contributed by atoms with E-state index >= 15 is 0 Å². The Morgan fingerprint density at radius 2 is 1.96 bits per heavy atom. The second kappa shape index (κ2) is 9.86. The first kappa shape index (κ1) is 20.6. The molecule has 0 aromatic heterocycles. The SMILES string of the molecule is CC(=O)OC(COc1cccc2c1CCC(=O)N2)CN1CCN(CCO)CC1. The maximum Gasteiger partial charge on any atom is 0.303 e. The number of benzene rings is 1. The third-order valence-electron chi connectivity index (χ3n) is 5.11. The monoisotopic (exact) mass is 391 g/mol. The fourth-order valence-electron chi connectivity index (χ4n) is 3.69. The van der Waals surface area contributed by atoms with Crippen LogP contribution in [0, 0.1) is 0 Å². The highest BCUT2D eigenvalue weighted by Crippen LogP contribution is 2.31. The minimum atomic E-state index is -0.365. The van der Waals surface area contributed by atoms with E-state index in [9.17, 15) is 9.59 Å². The van der Waals surface area contributed by atoms with Gasteiger partial charge in [-0.15, -0.1) is 0 Å². The molecule has 8 heteroatoms. The number of amides is 1. The van der Waals surface area contributed by atoms with Gasteiger partial charge >= 0.3 is 5.97 Å². The highest BCUT2D eigenvalue weighted by molar-refractivity contribution is 5.94. The summed E-state index contributed by atoms with van der Waals surface area (Å²) < 4.78 is 11.5. The first-order valence-corrected chi connectivity index (χ1v) is 9.82. The number of rotatable bonds is 8. The number of fused-ring (bicyclic) bond motifs is 1. The van der Waals surface area contributed by atoms with Crippen LogP contribution in [-0.4, -0.2) is 85.4 Å². The summed E-state index contributed by atoms with van der Waals surface area (Å²) >= 11 is 0. The number of carbonyl (C=O) groups excluding carboxylic acids is 2. The molecule has 1 amide bonds. The highest BCUT2D eigenvalue weighted by Gasteiger charge is 2.23. The van der Waals surface area contributed by atoms with Crippen LogP contribution in [0.1, 0.15) is 18.9 Å². The summed E-state index contributed by atoms with van der Waals surface area (Å²) in [6, 6.07) is 5.60. The zero-order valence-electron chi connectivity index (χ0n) is 16.4. The summed E-state index contributed by atoms with van der Waals surface area (Å²) in [7, 11) is 0. The van der Waals surface area contributed by atoms with Gasteiger partial charge in [0.25, 0.3) is 0 Å². The molecular weight excluding hydrogens is 362 g/mol. The second-order valence-electron chi connectivity index (χ2n) is 7.24. The van der Waals surface area contributed by atoms with Crippen LogP contribution in [0.4, 0.5) is 5.69 Å². The lowest BCUT2D eigenvalue weighted by Gasteiger charge is -2.35. The summed E-state index contributed by atoms with van der Waals surface area (Å²) in [5.74, 6) is 0.417. The van der Waals surface area contributed by atoms with E-state index in [0.717, 1.165) is 43.2 Å². The topological polar surface area (TPSA) is 91.3 Å². The number of hydrogen-bond donors (Lipinski definition) is 2. The number of ether oxygens (including phenoxy) is 2. The number of hydrogen-bond acceptors (Lipinski definition) is 7. The van der Waals surface area contributed by atoms with Gasteiger partial charge in [0.15, 0.2) is 0 Å². The van der Waals surface area contributed by atoms with Gasteiger partial charge in [0, 0.05) is 63.9 Å². The third-order valence-corrected chi connectivity index (χ3v) is 5.11. The Kier molecular flexibility index (Phi) is 7.24. The summed E-state index contributed by atoms with van der Waals surface area (Å²) in [5, 5.41) is 11.9. The number of nitrogens with one attached hydrogen (secondary N) is 1. The van der Waals surface area contributed by atoms with E-state index in [1.165, 1.54) is 6.92 Å². The van der Waals surface area contributed by atoms with Crippen molar-refractivity contribution in [1.29, 1.82) is 0 Å². The lowest BCUT2D eigenvalue weighted by Crippen LogP contribution is -2.50. The van der Waals surface area contributed by atoms with Crippen LogP contribution in [0.25, 0.3) is 0 Å². The maximum absolute atomic E-state index is 11.6. The molecule has 1 aromatic carbocycles. The first-order chi connectivity index (χ1) is 13.5. The van der Waals surface area contributed by atoms with Crippen LogP contribution < -0.4 is 10.1 Å². The van der Waals surface area contributed by atoms with E-state index in [2.05, 4.69) is 15.1 Å². The predicted octanol–water partition coefficient (Wildman–Crippen LogP) is 0.492. The number of anilines is 1. The molecule has 2 N–H and O–H groups in total. The molecule has 8 nitrogen and oxygen atoms in total. The van der Waals surface area contributed by atoms with Crippen molar-refractivity contribution in [3.8, 4) is 5.75 Å². The van der Waals surface area contributed by atoms with Gasteiger partial charge in [0.05, 0.1) is 6.61 Å². The molecule has 1 fully saturated rings. The van der Waals surface area contributed by atoms with Gasteiger partial charge in [0.2, 0.25) is 5.91 Å². The van der Waals surface area contributed by atoms with Crippen molar-refractivity contribution in [2.45, 2.75) is 25.9 Å². The molecule has 1 atom stereocenters. The molecule has 3 rings (SSSR count). The minimum Gasteiger partial charge on any atom is -0.489 e. The second-order valence-corrected chi connectivity index (χ2v) is 7.24. The Labute approximate surface area is 165 Å². The molecule has 0 radical (unpaired) electrons. The molecule has 0 aliphatic carbocycles. The van der Waals surface area contributed by atoms with Gasteiger partial charge in [-0.2, -0.15) is 0 Å². The van der Waals surface area contributed by atoms with Crippen LogP contribution in [-0.2, 0) is 20.7 Å². The summed E-state index contributed by atoms with van der Waals surface area (Å²) in [5.41, 5.74) is 1.78. The van der Waals surface area contributed by atoms with Crippen molar-refractivity contribution >= 4 is 17.6 Å². The van der Waals surface area contributed by atoms with Crippen LogP contribution in [0.15, 0.2) is 18.2 Å². The number of β-amino-alcohol motifs (C(OH)–C–C–N with tert-alkyl or cyclic N) is 1. The number of piperazine rings is 1. The van der Waals surface area contributed by atoms with Crippen LogP contribution in [0.5, 0.6) is 5.75 Å². The molecular formula is C20H29N3O5. The summed E-state index contributed by atoms with van der Waals surface area (Å²) in [6.45, 7) is 6.66. The van der Waals surface area contributed by atoms with E-state index < -0.39 is 0 Å². The lowest BCUT2D eigenvalue weighted by molar-refractivity contribution is -0.149. The fraction of sp³-hybridized carbons (Fsp3) is 0.600. The Morgan fingerprint density at radius 3 is 2.68 bits per heavy atom. The number of aliphatic hydroxyl groups is 1. The van der Waals surface area contributed by atoms with Crippen molar-refractivity contribution in [3.63, 3.8) is 0 Å². The average Bonchev–Trinajstić information content (AvgIpc) is 2.67. The molecule has 0 bridgehead atoms. The Hall–Kier alpha value is -2.16. The predicted molar refractivity (Wildman–Crippen MR) is 104 cm³/mol. The maximum atomic E-state index is 11.6. The quantitative estimate of drug-likeness (QED) is 0.623. The van der Waals surface area contributed by atoms with Crippen molar-refractivity contribution in [2.24, 2.45) is 0 Å². The van der Waals surface area contributed by atoms with Crippen molar-refractivity contribution < 1.29 is 24.2 Å². The molecule has 1 unspecified atom stereocenters. The Morgan fingerprint density at radius 1 is 1.21 bits per heavy atom. The van der Waals surface area contributed by atoms with Crippen molar-refractivity contribution in [2.75, 3.05) is 57.8 Å². The van der Waals surface area contributed by atoms with Crippen molar-refractivity contribution in [3.05, 3.63) is 23.8 Å². The minimum absolute atomic E-state index is 0.0165. The molecule has 154 valence electrons. The number of carbonyl (C=O) groups is 2. The highest BCUT2D eigenvalue weighted by atomic mass is 16.6. The Bertz CT molecular complexity index is 688. The lowest BCUT2D eigenvalue weighted by atomic mass is 10.0. The van der Waals surface area contributed by atoms with E-state index in [1.807, 2.05) is 18.2 Å². The van der Waals surface area contributed by atoms with Crippen LogP contribution in [0.3, 0.4) is 0 Å². The number of nitrogens with zero attached hydrogens (tertiary/aromatic N) is 2. The first-order valence-electron chi connectivity index (χ1n) is 9.82. The fourth-order valence-corrected chi connectivity index (χ4v) is 3.69. The molecule has 0 saturated carbocycles. The smallest absolute Gasteiger partial charge is 0.303 e. The normalized spacial score (nSPS) is 18.9.